The number of amides is 2. The molecule has 1 aliphatic rings. The van der Waals surface area contributed by atoms with Crippen molar-refractivity contribution in [3.05, 3.63) is 35.9 Å². The Labute approximate surface area is 116 Å². The van der Waals surface area contributed by atoms with E-state index in [1.165, 1.54) is 0 Å². The molecule has 0 bridgehead atoms. The normalized spacial score (nSPS) is 17.8. The molecule has 1 fully saturated rings. The Hall–Kier alpha value is -2.37. The van der Waals surface area contributed by atoms with Crippen LogP contribution in [0.15, 0.2) is 30.3 Å². The highest BCUT2D eigenvalue weighted by molar-refractivity contribution is 6.03. The molecule has 2 rings (SSSR count). The second-order valence-corrected chi connectivity index (χ2v) is 4.30. The minimum atomic E-state index is -0.729. The van der Waals surface area contributed by atoms with Gasteiger partial charge in [0, 0.05) is 5.56 Å². The fraction of sp³-hybridized carbons (Fsp3) is 0.357. The van der Waals surface area contributed by atoms with Gasteiger partial charge >= 0.3 is 12.1 Å². The number of hydrogen-bond donors (Lipinski definition) is 0. The summed E-state index contributed by atoms with van der Waals surface area (Å²) in [7, 11) is 0. The predicted octanol–water partition coefficient (Wildman–Crippen LogP) is 1.60. The first kappa shape index (κ1) is 14.0. The van der Waals surface area contributed by atoms with Crippen LogP contribution in [0.4, 0.5) is 4.79 Å². The van der Waals surface area contributed by atoms with E-state index in [4.69, 9.17) is 9.47 Å². The number of imide groups is 1. The number of benzene rings is 1. The SMILES string of the molecule is CCOC(=O)C[C@@H]1CN(C(=O)c2ccccc2)C(=O)O1. The van der Waals surface area contributed by atoms with Crippen LogP contribution in [0, 0.1) is 0 Å². The van der Waals surface area contributed by atoms with Crippen LogP contribution in [-0.2, 0) is 14.3 Å². The molecule has 0 aliphatic carbocycles. The van der Waals surface area contributed by atoms with Crippen LogP contribution in [0.1, 0.15) is 23.7 Å². The summed E-state index contributed by atoms with van der Waals surface area (Å²) in [6.07, 6.45) is -1.42. The van der Waals surface area contributed by atoms with Crippen LogP contribution in [0.5, 0.6) is 0 Å². The highest BCUT2D eigenvalue weighted by atomic mass is 16.6. The van der Waals surface area contributed by atoms with Gasteiger partial charge in [0.15, 0.2) is 0 Å². The third-order valence-electron chi connectivity index (χ3n) is 2.84. The van der Waals surface area contributed by atoms with Crippen molar-refractivity contribution in [1.29, 1.82) is 0 Å². The van der Waals surface area contributed by atoms with Crippen molar-refractivity contribution < 1.29 is 23.9 Å². The van der Waals surface area contributed by atoms with Gasteiger partial charge in [-0.05, 0) is 19.1 Å². The first-order valence-electron chi connectivity index (χ1n) is 6.35. The molecular formula is C14H15NO5. The lowest BCUT2D eigenvalue weighted by molar-refractivity contribution is -0.144. The summed E-state index contributed by atoms with van der Waals surface area (Å²) in [6, 6.07) is 8.45. The largest absolute Gasteiger partial charge is 0.466 e. The standard InChI is InChI=1S/C14H15NO5/c1-2-19-12(16)8-11-9-15(14(18)20-11)13(17)10-6-4-3-5-7-10/h3-7,11H,2,8-9H2,1H3/t11-/m1/s1. The maximum absolute atomic E-state index is 12.1. The quantitative estimate of drug-likeness (QED) is 0.782. The molecule has 0 N–H and O–H groups in total. The van der Waals surface area contributed by atoms with E-state index in [0.717, 1.165) is 4.90 Å². The molecule has 1 atom stereocenters. The zero-order chi connectivity index (χ0) is 14.5. The smallest absolute Gasteiger partial charge is 0.417 e. The van der Waals surface area contributed by atoms with E-state index in [9.17, 15) is 14.4 Å². The summed E-state index contributed by atoms with van der Waals surface area (Å²) < 4.78 is 9.78. The number of nitrogens with zero attached hydrogens (tertiary/aromatic N) is 1. The molecule has 20 heavy (non-hydrogen) atoms. The van der Waals surface area contributed by atoms with E-state index >= 15 is 0 Å². The van der Waals surface area contributed by atoms with Crippen LogP contribution in [0.25, 0.3) is 0 Å². The van der Waals surface area contributed by atoms with Crippen LogP contribution in [0.2, 0.25) is 0 Å². The Bertz CT molecular complexity index is 514. The third kappa shape index (κ3) is 3.14. The van der Waals surface area contributed by atoms with Crippen LogP contribution >= 0.6 is 0 Å². The number of esters is 1. The van der Waals surface area contributed by atoms with E-state index in [2.05, 4.69) is 0 Å². The molecule has 1 aromatic carbocycles. The maximum atomic E-state index is 12.1. The second-order valence-electron chi connectivity index (χ2n) is 4.30. The van der Waals surface area contributed by atoms with E-state index in [1.807, 2.05) is 0 Å². The van der Waals surface area contributed by atoms with E-state index in [0.29, 0.717) is 5.56 Å². The first-order chi connectivity index (χ1) is 9.61. The van der Waals surface area contributed by atoms with E-state index < -0.39 is 24.1 Å². The van der Waals surface area contributed by atoms with Crippen LogP contribution in [-0.4, -0.2) is 42.1 Å². The number of carbonyl (C=O) groups is 3. The van der Waals surface area contributed by atoms with Crippen LogP contribution < -0.4 is 0 Å². The van der Waals surface area contributed by atoms with Crippen molar-refractivity contribution in [1.82, 2.24) is 4.90 Å². The number of ether oxygens (including phenoxy) is 2. The Kier molecular flexibility index (Phi) is 4.34. The number of cyclic esters (lactones) is 1. The van der Waals surface area contributed by atoms with Gasteiger partial charge in [0.2, 0.25) is 0 Å². The average molecular weight is 277 g/mol. The van der Waals surface area contributed by atoms with Crippen LogP contribution in [0.3, 0.4) is 0 Å². The Morgan fingerprint density at radius 3 is 2.70 bits per heavy atom. The molecule has 1 heterocycles. The van der Waals surface area contributed by atoms with Gasteiger partial charge in [-0.15, -0.1) is 0 Å². The van der Waals surface area contributed by atoms with Crippen molar-refractivity contribution in [2.75, 3.05) is 13.2 Å². The number of hydrogen-bond acceptors (Lipinski definition) is 5. The maximum Gasteiger partial charge on any atom is 0.417 e. The van der Waals surface area contributed by atoms with Crippen molar-refractivity contribution in [3.63, 3.8) is 0 Å². The molecular weight excluding hydrogens is 262 g/mol. The summed E-state index contributed by atoms with van der Waals surface area (Å²) in [6.45, 7) is 2.03. The minimum Gasteiger partial charge on any atom is -0.466 e. The summed E-state index contributed by atoms with van der Waals surface area (Å²) in [4.78, 5) is 36.1. The molecule has 1 saturated heterocycles. The lowest BCUT2D eigenvalue weighted by atomic mass is 10.2. The van der Waals surface area contributed by atoms with Crippen molar-refractivity contribution in [3.8, 4) is 0 Å². The molecule has 0 aromatic heterocycles. The number of rotatable bonds is 4. The molecule has 6 heteroatoms. The molecule has 2 amide bonds. The van der Waals surface area contributed by atoms with Gasteiger partial charge in [0.1, 0.15) is 6.10 Å². The molecule has 0 radical (unpaired) electrons. The van der Waals surface area contributed by atoms with Gasteiger partial charge in [0.05, 0.1) is 19.6 Å². The zero-order valence-corrected chi connectivity index (χ0v) is 11.1. The second kappa shape index (κ2) is 6.18. The van der Waals surface area contributed by atoms with Gasteiger partial charge in [-0.25, -0.2) is 9.69 Å². The third-order valence-corrected chi connectivity index (χ3v) is 2.84. The summed E-state index contributed by atoms with van der Waals surface area (Å²) in [5.74, 6) is -0.874. The summed E-state index contributed by atoms with van der Waals surface area (Å²) in [5, 5.41) is 0. The summed E-state index contributed by atoms with van der Waals surface area (Å²) >= 11 is 0. The van der Waals surface area contributed by atoms with Crippen molar-refractivity contribution >= 4 is 18.0 Å². The Morgan fingerprint density at radius 2 is 2.05 bits per heavy atom. The molecule has 0 unspecified atom stereocenters. The van der Waals surface area contributed by atoms with Crippen molar-refractivity contribution in [2.45, 2.75) is 19.4 Å². The molecule has 0 spiro atoms. The monoisotopic (exact) mass is 277 g/mol. The van der Waals surface area contributed by atoms with E-state index in [-0.39, 0.29) is 19.6 Å². The average Bonchev–Trinajstić information content (AvgIpc) is 2.80. The Balaban J connectivity index is 1.99. The van der Waals surface area contributed by atoms with Gasteiger partial charge in [-0.1, -0.05) is 18.2 Å². The highest BCUT2D eigenvalue weighted by Crippen LogP contribution is 2.17. The topological polar surface area (TPSA) is 72.9 Å². The fourth-order valence-corrected chi connectivity index (χ4v) is 1.94. The molecule has 106 valence electrons. The molecule has 1 aromatic rings. The van der Waals surface area contributed by atoms with Gasteiger partial charge in [-0.3, -0.25) is 9.59 Å². The van der Waals surface area contributed by atoms with Gasteiger partial charge < -0.3 is 9.47 Å². The zero-order valence-electron chi connectivity index (χ0n) is 11.1. The van der Waals surface area contributed by atoms with E-state index in [1.54, 1.807) is 37.3 Å². The van der Waals surface area contributed by atoms with Gasteiger partial charge in [0.25, 0.3) is 5.91 Å². The summed E-state index contributed by atoms with van der Waals surface area (Å²) in [5.41, 5.74) is 0.404. The number of carbonyl (C=O) groups excluding carboxylic acids is 3. The molecule has 0 saturated carbocycles. The lowest BCUT2D eigenvalue weighted by Gasteiger charge is -2.10. The molecule has 6 nitrogen and oxygen atoms in total. The van der Waals surface area contributed by atoms with Gasteiger partial charge in [-0.2, -0.15) is 0 Å². The minimum absolute atomic E-state index is 0.0435. The fourth-order valence-electron chi connectivity index (χ4n) is 1.94. The Morgan fingerprint density at radius 1 is 1.35 bits per heavy atom. The predicted molar refractivity (Wildman–Crippen MR) is 69.0 cm³/mol. The van der Waals surface area contributed by atoms with Crippen molar-refractivity contribution in [2.24, 2.45) is 0 Å². The lowest BCUT2D eigenvalue weighted by Crippen LogP contribution is -2.32. The highest BCUT2D eigenvalue weighted by Gasteiger charge is 2.37. The first-order valence-corrected chi connectivity index (χ1v) is 6.35. The molecule has 1 aliphatic heterocycles.